The number of hydrogen-bond donors (Lipinski definition) is 0. The van der Waals surface area contributed by atoms with Gasteiger partial charge in [0, 0.05) is 33.1 Å². The summed E-state index contributed by atoms with van der Waals surface area (Å²) in [5, 5.41) is 0. The van der Waals surface area contributed by atoms with Crippen molar-refractivity contribution in [3.63, 3.8) is 0 Å². The molecule has 1 aliphatic rings. The molecule has 0 bridgehead atoms. The van der Waals surface area contributed by atoms with Gasteiger partial charge in [-0.05, 0) is 0 Å². The predicted octanol–water partition coefficient (Wildman–Crippen LogP) is 0.308. The number of hydrogen-bond acceptors (Lipinski definition) is 9. The zero-order chi connectivity index (χ0) is 21.3. The van der Waals surface area contributed by atoms with Crippen LogP contribution in [0.3, 0.4) is 0 Å². The zero-order valence-electron chi connectivity index (χ0n) is 16.5. The lowest BCUT2D eigenvalue weighted by Crippen LogP contribution is -2.61. The molecular weight excluding hydrogens is 348 g/mol. The monoisotopic (exact) mass is 370 g/mol. The second-order valence-corrected chi connectivity index (χ2v) is 5.00. The van der Waals surface area contributed by atoms with E-state index in [-0.39, 0.29) is 0 Å². The third kappa shape index (κ3) is 5.97. The van der Waals surface area contributed by atoms with Crippen LogP contribution in [0.4, 0.5) is 0 Å². The molecule has 0 aliphatic carbocycles. The number of ether oxygens (including phenoxy) is 5. The summed E-state index contributed by atoms with van der Waals surface area (Å²) in [6.45, 7) is -3.60. The molecule has 24 heavy (non-hydrogen) atoms. The minimum atomic E-state index is -1.54. The summed E-state index contributed by atoms with van der Waals surface area (Å²) in [5.74, 6) is -4.05. The maximum atomic E-state index is 11.6. The van der Waals surface area contributed by atoms with Crippen molar-refractivity contribution in [1.29, 1.82) is 0 Å². The van der Waals surface area contributed by atoms with E-state index >= 15 is 0 Å². The Labute approximate surface area is 149 Å². The van der Waals surface area contributed by atoms with E-state index in [1.54, 1.807) is 0 Å². The summed E-state index contributed by atoms with van der Waals surface area (Å²) >= 11 is 6.03. The van der Waals surface area contributed by atoms with Crippen LogP contribution < -0.4 is 0 Å². The van der Waals surface area contributed by atoms with Crippen molar-refractivity contribution in [1.82, 2.24) is 0 Å². The first-order valence-corrected chi connectivity index (χ1v) is 6.91. The van der Waals surface area contributed by atoms with Gasteiger partial charge in [0.05, 0.1) is 0 Å². The predicted molar refractivity (Wildman–Crippen MR) is 77.8 cm³/mol. The fourth-order valence-corrected chi connectivity index (χ4v) is 2.36. The van der Waals surface area contributed by atoms with E-state index in [1.165, 1.54) is 0 Å². The highest BCUT2D eigenvalue weighted by molar-refractivity contribution is 6.20. The molecule has 5 atom stereocenters. The fraction of sp³-hybridized carbons (Fsp3) is 0.714. The van der Waals surface area contributed by atoms with Crippen molar-refractivity contribution in [2.45, 2.75) is 57.6 Å². The summed E-state index contributed by atoms with van der Waals surface area (Å²) < 4.78 is 53.3. The van der Waals surface area contributed by atoms with E-state index in [0.717, 1.165) is 0 Å². The van der Waals surface area contributed by atoms with Crippen LogP contribution in [0.2, 0.25) is 0 Å². The Kier molecular flexibility index (Phi) is 5.33. The summed E-state index contributed by atoms with van der Waals surface area (Å²) in [5.41, 5.74) is -1.44. The summed E-state index contributed by atoms with van der Waals surface area (Å²) in [6, 6.07) is 0. The van der Waals surface area contributed by atoms with Crippen LogP contribution in [-0.2, 0) is 42.9 Å². The normalized spacial score (nSPS) is 31.5. The highest BCUT2D eigenvalue weighted by atomic mass is 35.5. The van der Waals surface area contributed by atoms with Crippen molar-refractivity contribution < 1.29 is 48.3 Å². The molecule has 0 aromatic heterocycles. The SMILES string of the molecule is [2H]CC(=O)OC[C@H]1OC(Cl)[C@H](OC(=O)C[2H])[C@@H](OC(=O)C[2H])[C@@H]1OC(=O)C[2H]. The Morgan fingerprint density at radius 2 is 1.38 bits per heavy atom. The van der Waals surface area contributed by atoms with Crippen molar-refractivity contribution in [3.05, 3.63) is 0 Å². The Bertz CT molecular complexity index is 579. The van der Waals surface area contributed by atoms with E-state index < -0.39 is 88.1 Å². The van der Waals surface area contributed by atoms with E-state index in [9.17, 15) is 19.2 Å². The molecule has 0 N–H and O–H groups in total. The Hall–Kier alpha value is -1.87. The van der Waals surface area contributed by atoms with E-state index in [2.05, 4.69) is 0 Å². The standard InChI is InChI=1S/C14H19ClO9/c1-6(16)20-5-10-11(21-7(2)17)12(22-8(3)18)13(14(15)24-10)23-9(4)19/h10-14H,5H2,1-4H3/t10-,11-,12+,13-,14?/m1/s1/i1D,2D,3D,4D. The number of carbonyl (C=O) groups is 4. The van der Waals surface area contributed by atoms with Gasteiger partial charge in [0.15, 0.2) is 23.9 Å². The Morgan fingerprint density at radius 1 is 0.875 bits per heavy atom. The molecule has 0 aromatic carbocycles. The Morgan fingerprint density at radius 3 is 1.92 bits per heavy atom. The number of esters is 4. The molecule has 0 amide bonds. The minimum absolute atomic E-state index is 0.537. The molecule has 0 aromatic rings. The third-order valence-corrected chi connectivity index (χ3v) is 3.14. The lowest BCUT2D eigenvalue weighted by Gasteiger charge is -2.42. The lowest BCUT2D eigenvalue weighted by atomic mass is 9.99. The van der Waals surface area contributed by atoms with Crippen LogP contribution >= 0.6 is 11.6 Å². The summed E-state index contributed by atoms with van der Waals surface area (Å²) in [6.07, 6.45) is -5.81. The van der Waals surface area contributed by atoms with Crippen LogP contribution in [0, 0.1) is 0 Å². The van der Waals surface area contributed by atoms with Crippen molar-refractivity contribution in [3.8, 4) is 0 Å². The van der Waals surface area contributed by atoms with E-state index in [0.29, 0.717) is 0 Å². The fourth-order valence-electron chi connectivity index (χ4n) is 2.03. The minimum Gasteiger partial charge on any atom is -0.463 e. The third-order valence-electron chi connectivity index (χ3n) is 2.79. The maximum absolute atomic E-state index is 11.6. The van der Waals surface area contributed by atoms with E-state index in [4.69, 9.17) is 40.8 Å². The van der Waals surface area contributed by atoms with Gasteiger partial charge in [-0.1, -0.05) is 11.6 Å². The first kappa shape index (κ1) is 14.5. The summed E-state index contributed by atoms with van der Waals surface area (Å²) in [7, 11) is 0. The van der Waals surface area contributed by atoms with Gasteiger partial charge in [-0.3, -0.25) is 19.2 Å². The highest BCUT2D eigenvalue weighted by Gasteiger charge is 2.51. The van der Waals surface area contributed by atoms with Crippen LogP contribution in [-0.4, -0.2) is 60.5 Å². The lowest BCUT2D eigenvalue weighted by molar-refractivity contribution is -0.238. The molecule has 10 heteroatoms. The molecule has 1 fully saturated rings. The van der Waals surface area contributed by atoms with Crippen LogP contribution in [0.25, 0.3) is 0 Å². The molecule has 1 heterocycles. The summed E-state index contributed by atoms with van der Waals surface area (Å²) in [4.78, 5) is 46.0. The Balaban J connectivity index is 3.17. The molecule has 0 radical (unpaired) electrons. The van der Waals surface area contributed by atoms with Crippen LogP contribution in [0.15, 0.2) is 0 Å². The zero-order valence-corrected chi connectivity index (χ0v) is 13.2. The number of halogens is 1. The van der Waals surface area contributed by atoms with Gasteiger partial charge in [-0.2, -0.15) is 0 Å². The average Bonchev–Trinajstić information content (AvgIpc) is 2.69. The maximum Gasteiger partial charge on any atom is 0.303 e. The average molecular weight is 371 g/mol. The van der Waals surface area contributed by atoms with Crippen molar-refractivity contribution >= 4 is 35.5 Å². The molecule has 1 saturated heterocycles. The molecule has 9 nitrogen and oxygen atoms in total. The second kappa shape index (κ2) is 8.84. The highest BCUT2D eigenvalue weighted by Crippen LogP contribution is 2.30. The van der Waals surface area contributed by atoms with Gasteiger partial charge in [-0.15, -0.1) is 0 Å². The molecular formula is C14H19ClO9. The van der Waals surface area contributed by atoms with Crippen molar-refractivity contribution in [2.24, 2.45) is 0 Å². The molecule has 1 rings (SSSR count). The van der Waals surface area contributed by atoms with Gasteiger partial charge in [0.25, 0.3) is 0 Å². The smallest absolute Gasteiger partial charge is 0.303 e. The first-order chi connectivity index (χ1) is 13.3. The molecule has 136 valence electrons. The molecule has 0 saturated carbocycles. The van der Waals surface area contributed by atoms with Crippen LogP contribution in [0.1, 0.15) is 33.1 Å². The van der Waals surface area contributed by atoms with Gasteiger partial charge in [0.1, 0.15) is 12.7 Å². The van der Waals surface area contributed by atoms with Gasteiger partial charge < -0.3 is 23.7 Å². The number of rotatable bonds is 5. The second-order valence-electron chi connectivity index (χ2n) is 4.57. The van der Waals surface area contributed by atoms with E-state index in [1.807, 2.05) is 0 Å². The largest absolute Gasteiger partial charge is 0.463 e. The molecule has 0 spiro atoms. The van der Waals surface area contributed by atoms with Crippen molar-refractivity contribution in [2.75, 3.05) is 6.61 Å². The molecule has 1 unspecified atom stereocenters. The molecule has 1 aliphatic heterocycles. The number of alkyl halides is 1. The quantitative estimate of drug-likeness (QED) is 0.383. The first-order valence-electron chi connectivity index (χ1n) is 9.30. The van der Waals surface area contributed by atoms with Crippen LogP contribution in [0.5, 0.6) is 0 Å². The number of carbonyl (C=O) groups excluding carboxylic acids is 4. The van der Waals surface area contributed by atoms with Gasteiger partial charge in [-0.25, -0.2) is 0 Å². The van der Waals surface area contributed by atoms with Gasteiger partial charge >= 0.3 is 23.9 Å². The van der Waals surface area contributed by atoms with Gasteiger partial charge in [0.2, 0.25) is 0 Å². The topological polar surface area (TPSA) is 114 Å².